The lowest BCUT2D eigenvalue weighted by atomic mass is 10.2. The predicted molar refractivity (Wildman–Crippen MR) is 85.8 cm³/mol. The highest BCUT2D eigenvalue weighted by Crippen LogP contribution is 2.16. The zero-order valence-corrected chi connectivity index (χ0v) is 12.7. The Morgan fingerprint density at radius 3 is 2.64 bits per heavy atom. The lowest BCUT2D eigenvalue weighted by molar-refractivity contribution is 0.0945. The number of anilines is 1. The third-order valence-corrected chi connectivity index (χ3v) is 3.76. The summed E-state index contributed by atoms with van der Waals surface area (Å²) in [5.74, 6) is 0.511. The molecule has 2 aromatic rings. The lowest BCUT2D eigenvalue weighted by Crippen LogP contribution is -2.26. The van der Waals surface area contributed by atoms with Crippen LogP contribution in [0.2, 0.25) is 0 Å². The average Bonchev–Trinajstić information content (AvgIpc) is 3.07. The van der Waals surface area contributed by atoms with Crippen LogP contribution in [-0.4, -0.2) is 29.0 Å². The summed E-state index contributed by atoms with van der Waals surface area (Å²) in [6.45, 7) is 4.33. The van der Waals surface area contributed by atoms with E-state index in [4.69, 9.17) is 0 Å². The number of hydrogen-bond donors (Lipinski definition) is 1. The summed E-state index contributed by atoms with van der Waals surface area (Å²) in [5.41, 5.74) is 2.33. The topological polar surface area (TPSA) is 58.1 Å². The highest BCUT2D eigenvalue weighted by Gasteiger charge is 2.17. The van der Waals surface area contributed by atoms with Crippen LogP contribution in [0.4, 0.5) is 5.95 Å². The van der Waals surface area contributed by atoms with Crippen LogP contribution in [0, 0.1) is 6.92 Å². The Morgan fingerprint density at radius 1 is 1.18 bits per heavy atom. The summed E-state index contributed by atoms with van der Waals surface area (Å²) in [6.07, 6.45) is 2.32. The molecule has 1 fully saturated rings. The number of carbonyl (C=O) groups excluding carboxylic acids is 1. The van der Waals surface area contributed by atoms with Crippen molar-refractivity contribution >= 4 is 11.9 Å². The monoisotopic (exact) mass is 296 g/mol. The van der Waals surface area contributed by atoms with Gasteiger partial charge in [0.25, 0.3) is 5.91 Å². The zero-order valence-electron chi connectivity index (χ0n) is 12.7. The van der Waals surface area contributed by atoms with Crippen molar-refractivity contribution in [2.45, 2.75) is 26.3 Å². The smallest absolute Gasteiger partial charge is 0.270 e. The van der Waals surface area contributed by atoms with E-state index in [0.29, 0.717) is 18.2 Å². The van der Waals surface area contributed by atoms with Crippen molar-refractivity contribution in [1.82, 2.24) is 15.3 Å². The summed E-state index contributed by atoms with van der Waals surface area (Å²) in [4.78, 5) is 23.3. The first-order valence-corrected chi connectivity index (χ1v) is 7.65. The number of hydrogen-bond acceptors (Lipinski definition) is 4. The van der Waals surface area contributed by atoms with E-state index >= 15 is 0 Å². The molecule has 0 saturated carbocycles. The van der Waals surface area contributed by atoms with Gasteiger partial charge in [-0.05, 0) is 31.4 Å². The molecular weight excluding hydrogens is 276 g/mol. The van der Waals surface area contributed by atoms with Crippen LogP contribution in [0.5, 0.6) is 0 Å². The molecule has 0 aliphatic carbocycles. The molecule has 0 unspecified atom stereocenters. The fraction of sp³-hybridized carbons (Fsp3) is 0.353. The maximum absolute atomic E-state index is 12.3. The summed E-state index contributed by atoms with van der Waals surface area (Å²) in [5, 5.41) is 2.91. The number of rotatable bonds is 4. The third kappa shape index (κ3) is 3.42. The highest BCUT2D eigenvalue weighted by molar-refractivity contribution is 5.92. The van der Waals surface area contributed by atoms with E-state index in [1.165, 1.54) is 0 Å². The third-order valence-electron chi connectivity index (χ3n) is 3.76. The van der Waals surface area contributed by atoms with Gasteiger partial charge in [0.1, 0.15) is 5.69 Å². The van der Waals surface area contributed by atoms with Crippen LogP contribution < -0.4 is 10.2 Å². The first kappa shape index (κ1) is 14.5. The first-order valence-electron chi connectivity index (χ1n) is 7.65. The van der Waals surface area contributed by atoms with E-state index in [9.17, 15) is 4.79 Å². The normalized spacial score (nSPS) is 14.1. The van der Waals surface area contributed by atoms with Gasteiger partial charge in [-0.2, -0.15) is 0 Å². The van der Waals surface area contributed by atoms with E-state index < -0.39 is 0 Å². The molecule has 1 aliphatic rings. The van der Waals surface area contributed by atoms with Crippen molar-refractivity contribution in [3.05, 3.63) is 53.3 Å². The Bertz CT molecular complexity index is 651. The number of benzene rings is 1. The molecule has 114 valence electrons. The molecule has 2 heterocycles. The molecular formula is C17H20N4O. The van der Waals surface area contributed by atoms with Crippen molar-refractivity contribution in [2.24, 2.45) is 0 Å². The van der Waals surface area contributed by atoms with Crippen molar-refractivity contribution < 1.29 is 4.79 Å². The number of aromatic nitrogens is 2. The summed E-state index contributed by atoms with van der Waals surface area (Å²) in [6, 6.07) is 11.6. The molecule has 3 rings (SSSR count). The Labute approximate surface area is 130 Å². The highest BCUT2D eigenvalue weighted by atomic mass is 16.1. The van der Waals surface area contributed by atoms with Crippen molar-refractivity contribution in [1.29, 1.82) is 0 Å². The molecule has 5 heteroatoms. The maximum Gasteiger partial charge on any atom is 0.270 e. The average molecular weight is 296 g/mol. The van der Waals surface area contributed by atoms with Crippen molar-refractivity contribution in [3.8, 4) is 0 Å². The van der Waals surface area contributed by atoms with E-state index in [0.717, 1.165) is 37.2 Å². The van der Waals surface area contributed by atoms with Gasteiger partial charge in [0, 0.05) is 25.3 Å². The maximum atomic E-state index is 12.3. The molecule has 0 radical (unpaired) electrons. The largest absolute Gasteiger partial charge is 0.347 e. The number of aryl methyl sites for hydroxylation is 1. The molecule has 0 spiro atoms. The molecule has 1 aromatic carbocycles. The lowest BCUT2D eigenvalue weighted by Gasteiger charge is -2.16. The van der Waals surface area contributed by atoms with E-state index in [-0.39, 0.29) is 5.91 Å². The van der Waals surface area contributed by atoms with Gasteiger partial charge in [-0.3, -0.25) is 4.79 Å². The van der Waals surface area contributed by atoms with Gasteiger partial charge in [0.15, 0.2) is 0 Å². The molecule has 1 saturated heterocycles. The van der Waals surface area contributed by atoms with Gasteiger partial charge in [0.05, 0.1) is 0 Å². The van der Waals surface area contributed by atoms with Crippen LogP contribution in [0.15, 0.2) is 36.4 Å². The SMILES string of the molecule is Cc1cc(C(=O)NCc2ccccc2)nc(N2CCCC2)n1. The second-order valence-corrected chi connectivity index (χ2v) is 5.56. The quantitative estimate of drug-likeness (QED) is 0.940. The second kappa shape index (κ2) is 6.56. The van der Waals surface area contributed by atoms with Crippen molar-refractivity contribution in [3.63, 3.8) is 0 Å². The van der Waals surface area contributed by atoms with Crippen LogP contribution in [0.25, 0.3) is 0 Å². The van der Waals surface area contributed by atoms with Crippen molar-refractivity contribution in [2.75, 3.05) is 18.0 Å². The Kier molecular flexibility index (Phi) is 4.32. The molecule has 5 nitrogen and oxygen atoms in total. The molecule has 1 aromatic heterocycles. The van der Waals surface area contributed by atoms with Gasteiger partial charge >= 0.3 is 0 Å². The van der Waals surface area contributed by atoms with Gasteiger partial charge in [-0.15, -0.1) is 0 Å². The van der Waals surface area contributed by atoms with Crippen LogP contribution in [-0.2, 0) is 6.54 Å². The number of amides is 1. The number of carbonyl (C=O) groups is 1. The Morgan fingerprint density at radius 2 is 1.91 bits per heavy atom. The molecule has 1 N–H and O–H groups in total. The molecule has 22 heavy (non-hydrogen) atoms. The number of nitrogens with one attached hydrogen (secondary N) is 1. The van der Waals surface area contributed by atoms with E-state index in [1.807, 2.05) is 37.3 Å². The minimum Gasteiger partial charge on any atom is -0.347 e. The van der Waals surface area contributed by atoms with Gasteiger partial charge in [0.2, 0.25) is 5.95 Å². The van der Waals surface area contributed by atoms with Crippen LogP contribution >= 0.6 is 0 Å². The Balaban J connectivity index is 1.71. The number of nitrogens with zero attached hydrogens (tertiary/aromatic N) is 3. The molecule has 1 aliphatic heterocycles. The molecule has 1 amide bonds. The summed E-state index contributed by atoms with van der Waals surface area (Å²) >= 11 is 0. The molecule has 0 bridgehead atoms. The first-order chi connectivity index (χ1) is 10.7. The van der Waals surface area contributed by atoms with Gasteiger partial charge in [-0.25, -0.2) is 9.97 Å². The minimum atomic E-state index is -0.158. The fourth-order valence-corrected chi connectivity index (χ4v) is 2.60. The predicted octanol–water partition coefficient (Wildman–Crippen LogP) is 2.32. The molecule has 0 atom stereocenters. The van der Waals surface area contributed by atoms with Crippen LogP contribution in [0.1, 0.15) is 34.6 Å². The van der Waals surface area contributed by atoms with Gasteiger partial charge < -0.3 is 10.2 Å². The van der Waals surface area contributed by atoms with Gasteiger partial charge in [-0.1, -0.05) is 30.3 Å². The van der Waals surface area contributed by atoms with E-state index in [1.54, 1.807) is 6.07 Å². The Hall–Kier alpha value is -2.43. The summed E-state index contributed by atoms with van der Waals surface area (Å²) in [7, 11) is 0. The standard InChI is InChI=1S/C17H20N4O/c1-13-11-15(20-17(19-13)21-9-5-6-10-21)16(22)18-12-14-7-3-2-4-8-14/h2-4,7-8,11H,5-6,9-10,12H2,1H3,(H,18,22). The summed E-state index contributed by atoms with van der Waals surface area (Å²) < 4.78 is 0. The zero-order chi connectivity index (χ0) is 15.4. The second-order valence-electron chi connectivity index (χ2n) is 5.56. The van der Waals surface area contributed by atoms with Crippen LogP contribution in [0.3, 0.4) is 0 Å². The van der Waals surface area contributed by atoms with E-state index in [2.05, 4.69) is 20.2 Å². The fourth-order valence-electron chi connectivity index (χ4n) is 2.60. The minimum absolute atomic E-state index is 0.158.